The van der Waals surface area contributed by atoms with E-state index >= 15 is 0 Å². The second-order valence-corrected chi connectivity index (χ2v) is 7.14. The summed E-state index contributed by atoms with van der Waals surface area (Å²) in [6, 6.07) is 17.2. The predicted octanol–water partition coefficient (Wildman–Crippen LogP) is 4.43. The van der Waals surface area contributed by atoms with Gasteiger partial charge in [-0.05, 0) is 54.1 Å². The molecule has 34 heavy (non-hydrogen) atoms. The van der Waals surface area contributed by atoms with Gasteiger partial charge in [0, 0.05) is 5.56 Å². The van der Waals surface area contributed by atoms with Gasteiger partial charge in [0.05, 0.1) is 22.7 Å². The molecule has 1 heterocycles. The van der Waals surface area contributed by atoms with E-state index < -0.39 is 29.9 Å². The summed E-state index contributed by atoms with van der Waals surface area (Å²) in [6.45, 7) is -0.494. The Bertz CT molecular complexity index is 1440. The van der Waals surface area contributed by atoms with Crippen molar-refractivity contribution in [2.75, 3.05) is 6.61 Å². The highest BCUT2D eigenvalue weighted by Crippen LogP contribution is 2.31. The molecule has 0 radical (unpaired) electrons. The van der Waals surface area contributed by atoms with Gasteiger partial charge < -0.3 is 9.84 Å². The summed E-state index contributed by atoms with van der Waals surface area (Å²) in [7, 11) is 0. The van der Waals surface area contributed by atoms with E-state index in [0.29, 0.717) is 16.8 Å². The van der Waals surface area contributed by atoms with E-state index in [1.807, 2.05) is 0 Å². The quantitative estimate of drug-likeness (QED) is 0.424. The zero-order chi connectivity index (χ0) is 24.3. The molecule has 3 aromatic carbocycles. The van der Waals surface area contributed by atoms with Crippen molar-refractivity contribution < 1.29 is 27.8 Å². The number of alkyl halides is 3. The van der Waals surface area contributed by atoms with Crippen molar-refractivity contribution >= 4 is 23.1 Å². The van der Waals surface area contributed by atoms with Gasteiger partial charge in [0.2, 0.25) is 0 Å². The number of carboxylic acids is 1. The maximum atomic E-state index is 13.3. The molecule has 4 aromatic rings. The highest BCUT2D eigenvalue weighted by atomic mass is 19.4. The number of carboxylic acid groups (broad SMARTS) is 1. The molecule has 0 saturated heterocycles. The Labute approximate surface area is 190 Å². The summed E-state index contributed by atoms with van der Waals surface area (Å²) in [4.78, 5) is 28.1. The minimum absolute atomic E-state index is 0.0486. The van der Waals surface area contributed by atoms with Crippen LogP contribution in [-0.2, 0) is 11.0 Å². The fraction of sp³-hybridized carbons (Fsp3) is 0.0833. The Balaban J connectivity index is 1.78. The van der Waals surface area contributed by atoms with Gasteiger partial charge in [-0.15, -0.1) is 0 Å². The molecule has 0 aliphatic heterocycles. The average Bonchev–Trinajstić information content (AvgIpc) is 2.82. The van der Waals surface area contributed by atoms with Crippen LogP contribution >= 0.6 is 0 Å². The van der Waals surface area contributed by atoms with Crippen LogP contribution in [0.2, 0.25) is 0 Å². The monoisotopic (exact) mass is 467 g/mol. The van der Waals surface area contributed by atoms with Crippen LogP contribution in [0.15, 0.2) is 82.7 Å². The summed E-state index contributed by atoms with van der Waals surface area (Å²) in [6.07, 6.45) is -3.22. The van der Waals surface area contributed by atoms with Crippen molar-refractivity contribution in [3.63, 3.8) is 0 Å². The molecule has 0 atom stereocenters. The van der Waals surface area contributed by atoms with E-state index in [1.54, 1.807) is 36.4 Å². The van der Waals surface area contributed by atoms with Crippen molar-refractivity contribution in [1.82, 2.24) is 9.66 Å². The maximum absolute atomic E-state index is 13.3. The lowest BCUT2D eigenvalue weighted by atomic mass is 10.1. The number of aliphatic carboxylic acids is 1. The SMILES string of the molecule is O=C(O)COc1ccc(C=Nn2c(-c3cccc(C(F)(F)F)c3)nc3ccccc3c2=O)cc1. The number of para-hydroxylation sites is 1. The third-order valence-electron chi connectivity index (χ3n) is 4.77. The van der Waals surface area contributed by atoms with Crippen LogP contribution in [0.5, 0.6) is 5.75 Å². The number of ether oxygens (including phenoxy) is 1. The number of carbonyl (C=O) groups is 1. The van der Waals surface area contributed by atoms with Crippen molar-refractivity contribution in [3.8, 4) is 17.1 Å². The van der Waals surface area contributed by atoms with Crippen LogP contribution < -0.4 is 10.3 Å². The zero-order valence-corrected chi connectivity index (χ0v) is 17.4. The molecule has 0 aliphatic carbocycles. The highest BCUT2D eigenvalue weighted by Gasteiger charge is 2.30. The molecule has 0 unspecified atom stereocenters. The first-order chi connectivity index (χ1) is 16.2. The number of rotatable bonds is 6. The Hall–Kier alpha value is -4.47. The minimum atomic E-state index is -4.56. The third-order valence-corrected chi connectivity index (χ3v) is 4.77. The van der Waals surface area contributed by atoms with Crippen LogP contribution in [0.4, 0.5) is 13.2 Å². The first kappa shape index (κ1) is 22.7. The lowest BCUT2D eigenvalue weighted by molar-refractivity contribution is -0.139. The van der Waals surface area contributed by atoms with E-state index in [4.69, 9.17) is 9.84 Å². The third kappa shape index (κ3) is 4.96. The second-order valence-electron chi connectivity index (χ2n) is 7.14. The number of nitrogens with zero attached hydrogens (tertiary/aromatic N) is 3. The van der Waals surface area contributed by atoms with Crippen LogP contribution in [-0.4, -0.2) is 33.6 Å². The lowest BCUT2D eigenvalue weighted by Gasteiger charge is -2.12. The fourth-order valence-electron chi connectivity index (χ4n) is 3.17. The molecule has 0 saturated carbocycles. The standard InChI is InChI=1S/C24H16F3N3O4/c25-24(26,27)17-5-3-4-16(12-17)22-29-20-7-2-1-6-19(20)23(33)30(22)28-13-15-8-10-18(11-9-15)34-14-21(31)32/h1-13H,14H2,(H,31,32). The van der Waals surface area contributed by atoms with Crippen molar-refractivity contribution in [1.29, 1.82) is 0 Å². The predicted molar refractivity (Wildman–Crippen MR) is 119 cm³/mol. The van der Waals surface area contributed by atoms with Gasteiger partial charge in [0.15, 0.2) is 12.4 Å². The van der Waals surface area contributed by atoms with Crippen molar-refractivity contribution in [3.05, 3.63) is 94.3 Å². The second kappa shape index (κ2) is 9.18. The van der Waals surface area contributed by atoms with Crippen molar-refractivity contribution in [2.45, 2.75) is 6.18 Å². The molecule has 7 nitrogen and oxygen atoms in total. The van der Waals surface area contributed by atoms with Crippen LogP contribution in [0.3, 0.4) is 0 Å². The molecule has 0 aliphatic rings. The van der Waals surface area contributed by atoms with Gasteiger partial charge in [-0.2, -0.15) is 22.9 Å². The number of hydrogen-bond acceptors (Lipinski definition) is 5. The topological polar surface area (TPSA) is 93.8 Å². The molecule has 0 bridgehead atoms. The van der Waals surface area contributed by atoms with Crippen LogP contribution in [0.1, 0.15) is 11.1 Å². The molecule has 4 rings (SSSR count). The Morgan fingerprint density at radius 3 is 2.50 bits per heavy atom. The average molecular weight is 467 g/mol. The van der Waals surface area contributed by atoms with Gasteiger partial charge in [-0.25, -0.2) is 9.78 Å². The Kier molecular flexibility index (Phi) is 6.13. The lowest BCUT2D eigenvalue weighted by Crippen LogP contribution is -2.20. The van der Waals surface area contributed by atoms with Gasteiger partial charge in [-0.3, -0.25) is 4.79 Å². The van der Waals surface area contributed by atoms with Gasteiger partial charge >= 0.3 is 12.1 Å². The van der Waals surface area contributed by atoms with Gasteiger partial charge in [-0.1, -0.05) is 24.3 Å². The first-order valence-electron chi connectivity index (χ1n) is 9.91. The Morgan fingerprint density at radius 1 is 1.06 bits per heavy atom. The Morgan fingerprint density at radius 2 is 1.79 bits per heavy atom. The molecular formula is C24H16F3N3O4. The number of hydrogen-bond donors (Lipinski definition) is 1. The largest absolute Gasteiger partial charge is 0.482 e. The number of fused-ring (bicyclic) bond motifs is 1. The summed E-state index contributed by atoms with van der Waals surface area (Å²) in [5, 5.41) is 13.1. The molecule has 0 spiro atoms. The summed E-state index contributed by atoms with van der Waals surface area (Å²) < 4.78 is 45.8. The van der Waals surface area contributed by atoms with E-state index in [1.165, 1.54) is 30.5 Å². The summed E-state index contributed by atoms with van der Waals surface area (Å²) >= 11 is 0. The molecular weight excluding hydrogens is 451 g/mol. The first-order valence-corrected chi connectivity index (χ1v) is 9.91. The van der Waals surface area contributed by atoms with Crippen LogP contribution in [0, 0.1) is 0 Å². The number of aromatic nitrogens is 2. The summed E-state index contributed by atoms with van der Waals surface area (Å²) in [5.74, 6) is -0.836. The normalized spacial score (nSPS) is 11.7. The highest BCUT2D eigenvalue weighted by molar-refractivity contribution is 5.82. The molecule has 0 fully saturated rings. The molecule has 172 valence electrons. The number of benzene rings is 3. The van der Waals surface area contributed by atoms with E-state index in [9.17, 15) is 22.8 Å². The van der Waals surface area contributed by atoms with Gasteiger partial charge in [0.1, 0.15) is 5.75 Å². The smallest absolute Gasteiger partial charge is 0.416 e. The summed E-state index contributed by atoms with van der Waals surface area (Å²) in [5.41, 5.74) is -0.480. The number of halogens is 3. The zero-order valence-electron chi connectivity index (χ0n) is 17.4. The maximum Gasteiger partial charge on any atom is 0.416 e. The van der Waals surface area contributed by atoms with E-state index in [0.717, 1.165) is 16.8 Å². The molecule has 10 heteroatoms. The van der Waals surface area contributed by atoms with E-state index in [2.05, 4.69) is 10.1 Å². The van der Waals surface area contributed by atoms with Crippen molar-refractivity contribution in [2.24, 2.45) is 5.10 Å². The minimum Gasteiger partial charge on any atom is -0.482 e. The van der Waals surface area contributed by atoms with Gasteiger partial charge in [0.25, 0.3) is 5.56 Å². The molecule has 1 N–H and O–H groups in total. The molecule has 0 amide bonds. The van der Waals surface area contributed by atoms with E-state index in [-0.39, 0.29) is 16.8 Å². The fourth-order valence-corrected chi connectivity index (χ4v) is 3.17. The van der Waals surface area contributed by atoms with Crippen LogP contribution in [0.25, 0.3) is 22.3 Å². The molecule has 1 aromatic heterocycles.